The fourth-order valence-corrected chi connectivity index (χ4v) is 6.87. The van der Waals surface area contributed by atoms with Crippen LogP contribution in [0.4, 0.5) is 17.6 Å². The maximum Gasteiger partial charge on any atom is 0.310 e. The predicted octanol–water partition coefficient (Wildman–Crippen LogP) is 7.28. The van der Waals surface area contributed by atoms with E-state index in [0.29, 0.717) is 12.8 Å². The average molecular weight is 474 g/mol. The fraction of sp³-hybridized carbons (Fsp3) is 0.296. The van der Waals surface area contributed by atoms with Crippen molar-refractivity contribution in [2.24, 2.45) is 17.8 Å². The highest BCUT2D eigenvalue weighted by Crippen LogP contribution is 2.53. The van der Waals surface area contributed by atoms with Gasteiger partial charge in [-0.05, 0) is 55.2 Å². The molecule has 0 saturated heterocycles. The lowest BCUT2D eigenvalue weighted by Crippen LogP contribution is -2.41. The molecule has 0 amide bonds. The van der Waals surface area contributed by atoms with Crippen molar-refractivity contribution in [1.29, 1.82) is 0 Å². The largest absolute Gasteiger partial charge is 0.310 e. The van der Waals surface area contributed by atoms with E-state index in [4.69, 9.17) is 0 Å². The number of fused-ring (bicyclic) bond motifs is 2. The molecular weight excluding hydrogens is 448 g/mol. The maximum absolute atomic E-state index is 13.0. The van der Waals surface area contributed by atoms with Gasteiger partial charge in [-0.25, -0.2) is 8.78 Å². The van der Waals surface area contributed by atoms with Gasteiger partial charge < -0.3 is 0 Å². The van der Waals surface area contributed by atoms with E-state index in [1.54, 1.807) is 0 Å². The van der Waals surface area contributed by atoms with Crippen molar-refractivity contribution in [1.82, 2.24) is 0 Å². The number of halogens is 4. The van der Waals surface area contributed by atoms with Crippen molar-refractivity contribution in [3.8, 4) is 0 Å². The van der Waals surface area contributed by atoms with Crippen LogP contribution in [0.15, 0.2) is 106 Å². The zero-order valence-corrected chi connectivity index (χ0v) is 18.7. The molecule has 3 aromatic carbocycles. The first-order chi connectivity index (χ1) is 15.9. The van der Waals surface area contributed by atoms with E-state index in [1.807, 2.05) is 0 Å². The molecule has 5 rings (SSSR count). The van der Waals surface area contributed by atoms with Crippen LogP contribution in [0.1, 0.15) is 19.3 Å². The van der Waals surface area contributed by atoms with Crippen LogP contribution in [0.5, 0.6) is 0 Å². The molecule has 172 valence electrons. The fourth-order valence-electron chi connectivity index (χ4n) is 4.77. The topological polar surface area (TPSA) is 17.1 Å². The van der Waals surface area contributed by atoms with Gasteiger partial charge in [0.2, 0.25) is 0 Å². The normalized spacial score (nSPS) is 21.9. The maximum atomic E-state index is 13.0. The first kappa shape index (κ1) is 23.6. The first-order valence-electron chi connectivity index (χ1n) is 11.0. The van der Waals surface area contributed by atoms with Crippen molar-refractivity contribution < 1.29 is 22.4 Å². The summed E-state index contributed by atoms with van der Waals surface area (Å²) < 4.78 is 50.1. The van der Waals surface area contributed by atoms with E-state index in [1.165, 1.54) is 14.7 Å². The molecule has 3 aromatic rings. The Morgan fingerprint density at radius 3 is 1.48 bits per heavy atom. The Hall–Kier alpha value is -2.60. The molecule has 2 aliphatic rings. The third kappa shape index (κ3) is 5.16. The number of Topliss-reactive ketones (excluding diaryl/α,β-unsaturated/α-hetero) is 1. The summed E-state index contributed by atoms with van der Waals surface area (Å²) in [5.74, 6) is -6.57. The SMILES string of the molecule is O=C1CC2CC1C(C(F)(F)C(F)F)C2.c1ccc([S+](c2ccccc2)c2ccccc2)cc1. The van der Waals surface area contributed by atoms with Gasteiger partial charge in [0.05, 0.1) is 10.9 Å². The highest BCUT2D eigenvalue weighted by atomic mass is 32.2. The molecule has 0 radical (unpaired) electrons. The summed E-state index contributed by atoms with van der Waals surface area (Å²) >= 11 is 0. The van der Waals surface area contributed by atoms with Crippen molar-refractivity contribution in [2.75, 3.05) is 0 Å². The Kier molecular flexibility index (Phi) is 7.23. The second-order valence-corrected chi connectivity index (χ2v) is 10.5. The Morgan fingerprint density at radius 2 is 1.15 bits per heavy atom. The number of rotatable bonds is 5. The summed E-state index contributed by atoms with van der Waals surface area (Å²) in [5, 5.41) is 0. The molecule has 2 bridgehead atoms. The van der Waals surface area contributed by atoms with Crippen molar-refractivity contribution in [2.45, 2.75) is 46.3 Å². The summed E-state index contributed by atoms with van der Waals surface area (Å²) in [6, 6.07) is 32.2. The van der Waals surface area contributed by atoms with E-state index < -0.39 is 24.2 Å². The lowest BCUT2D eigenvalue weighted by atomic mass is 9.83. The number of alkyl halides is 4. The zero-order chi connectivity index (χ0) is 23.4. The quantitative estimate of drug-likeness (QED) is 0.281. The smallest absolute Gasteiger partial charge is 0.299 e. The van der Waals surface area contributed by atoms with Gasteiger partial charge in [-0.2, -0.15) is 8.78 Å². The third-order valence-electron chi connectivity index (χ3n) is 6.29. The van der Waals surface area contributed by atoms with Gasteiger partial charge in [-0.3, -0.25) is 4.79 Å². The number of ketones is 1. The molecule has 0 aliphatic heterocycles. The Bertz CT molecular complexity index is 950. The summed E-state index contributed by atoms with van der Waals surface area (Å²) in [6.45, 7) is 0. The Balaban J connectivity index is 0.000000165. The molecule has 0 spiro atoms. The van der Waals surface area contributed by atoms with Gasteiger partial charge in [0, 0.05) is 18.3 Å². The van der Waals surface area contributed by atoms with Gasteiger partial charge in [0.25, 0.3) is 0 Å². The number of hydrogen-bond donors (Lipinski definition) is 0. The predicted molar refractivity (Wildman–Crippen MR) is 122 cm³/mol. The molecular formula is C27H25F4OS+. The molecule has 0 heterocycles. The molecule has 0 aromatic heterocycles. The molecule has 3 unspecified atom stereocenters. The average Bonchev–Trinajstić information content (AvgIpc) is 3.42. The van der Waals surface area contributed by atoms with E-state index >= 15 is 0 Å². The number of carbonyl (C=O) groups is 1. The van der Waals surface area contributed by atoms with Crippen LogP contribution in [-0.4, -0.2) is 18.1 Å². The molecule has 0 N–H and O–H groups in total. The number of carbonyl (C=O) groups excluding carboxylic acids is 1. The highest BCUT2D eigenvalue weighted by molar-refractivity contribution is 7.97. The number of benzene rings is 3. The number of hydrogen-bond acceptors (Lipinski definition) is 1. The van der Waals surface area contributed by atoms with Gasteiger partial charge >= 0.3 is 12.3 Å². The van der Waals surface area contributed by atoms with E-state index in [0.717, 1.165) is 0 Å². The van der Waals surface area contributed by atoms with E-state index in [2.05, 4.69) is 91.0 Å². The van der Waals surface area contributed by atoms with Crippen molar-refractivity contribution in [3.63, 3.8) is 0 Å². The van der Waals surface area contributed by atoms with Crippen LogP contribution in [0.25, 0.3) is 0 Å². The molecule has 6 heteroatoms. The standard InChI is InChI=1S/C18H15S.C9H10F4O/c1-4-10-16(11-5-1)19(17-12-6-2-7-13-17)18-14-8-3-9-15-18;10-8(11)9(12,13)6-2-4-1-5(6)7(14)3-4/h1-15H;4-6,8H,1-3H2/q+1;. The molecule has 2 fully saturated rings. The van der Waals surface area contributed by atoms with E-state index in [9.17, 15) is 22.4 Å². The highest BCUT2D eigenvalue weighted by Gasteiger charge is 2.59. The Morgan fingerprint density at radius 1 is 0.727 bits per heavy atom. The minimum Gasteiger partial charge on any atom is -0.299 e. The molecule has 2 aliphatic carbocycles. The van der Waals surface area contributed by atoms with Crippen LogP contribution >= 0.6 is 0 Å². The van der Waals surface area contributed by atoms with Crippen molar-refractivity contribution in [3.05, 3.63) is 91.0 Å². The first-order valence-corrected chi connectivity index (χ1v) is 12.2. The Labute approximate surface area is 194 Å². The van der Waals surface area contributed by atoms with Crippen LogP contribution in [0, 0.1) is 17.8 Å². The zero-order valence-electron chi connectivity index (χ0n) is 17.9. The second-order valence-electron chi connectivity index (χ2n) is 8.44. The third-order valence-corrected chi connectivity index (χ3v) is 8.52. The van der Waals surface area contributed by atoms with E-state index in [-0.39, 0.29) is 29.0 Å². The van der Waals surface area contributed by atoms with Crippen LogP contribution in [0.2, 0.25) is 0 Å². The van der Waals surface area contributed by atoms with Gasteiger partial charge in [-0.1, -0.05) is 54.6 Å². The second kappa shape index (κ2) is 10.1. The monoisotopic (exact) mass is 473 g/mol. The van der Waals surface area contributed by atoms with Crippen LogP contribution in [0.3, 0.4) is 0 Å². The lowest BCUT2D eigenvalue weighted by molar-refractivity contribution is -0.178. The summed E-state index contributed by atoms with van der Waals surface area (Å²) in [7, 11) is -0.0146. The van der Waals surface area contributed by atoms with Crippen LogP contribution < -0.4 is 0 Å². The van der Waals surface area contributed by atoms with Gasteiger partial charge in [-0.15, -0.1) is 0 Å². The van der Waals surface area contributed by atoms with Crippen molar-refractivity contribution >= 4 is 16.7 Å². The minimum atomic E-state index is -3.99. The molecule has 1 nitrogen and oxygen atoms in total. The summed E-state index contributed by atoms with van der Waals surface area (Å²) in [6.07, 6.45) is -2.89. The summed E-state index contributed by atoms with van der Waals surface area (Å²) in [4.78, 5) is 15.2. The van der Waals surface area contributed by atoms with Crippen LogP contribution in [-0.2, 0) is 15.7 Å². The van der Waals surface area contributed by atoms with Gasteiger partial charge in [0.15, 0.2) is 14.7 Å². The minimum absolute atomic E-state index is 0.0146. The molecule has 2 saturated carbocycles. The lowest BCUT2D eigenvalue weighted by Gasteiger charge is -2.28. The van der Waals surface area contributed by atoms with Gasteiger partial charge in [0.1, 0.15) is 5.78 Å². The molecule has 33 heavy (non-hydrogen) atoms. The molecule has 3 atom stereocenters. The summed E-state index contributed by atoms with van der Waals surface area (Å²) in [5.41, 5.74) is 0.